The van der Waals surface area contributed by atoms with Gasteiger partial charge in [-0.15, -0.1) is 0 Å². The smallest absolute Gasteiger partial charge is 0.130 e. The average Bonchev–Trinajstić information content (AvgIpc) is 3.27. The Morgan fingerprint density at radius 2 is 1.02 bits per heavy atom. The quantitative estimate of drug-likeness (QED) is 0.0635. The van der Waals surface area contributed by atoms with Crippen molar-refractivity contribution in [2.45, 2.75) is 88.2 Å². The molecule has 0 amide bonds. The van der Waals surface area contributed by atoms with Gasteiger partial charge in [0.05, 0.1) is 11.4 Å². The number of allylic oxidation sites excluding steroid dienone is 4. The summed E-state index contributed by atoms with van der Waals surface area (Å²) in [5, 5.41) is 7.34. The van der Waals surface area contributed by atoms with Gasteiger partial charge in [0.1, 0.15) is 23.7 Å². The van der Waals surface area contributed by atoms with Crippen molar-refractivity contribution in [2.75, 3.05) is 49.1 Å². The first-order valence-electron chi connectivity index (χ1n) is 22.6. The lowest BCUT2D eigenvalue weighted by Crippen LogP contribution is -2.32. The molecule has 6 nitrogen and oxygen atoms in total. The summed E-state index contributed by atoms with van der Waals surface area (Å²) in [6, 6.07) is 30.1. The predicted molar refractivity (Wildman–Crippen MR) is 266 cm³/mol. The number of hydrogen-bond donors (Lipinski definition) is 2. The number of benzene rings is 4. The fourth-order valence-electron chi connectivity index (χ4n) is 9.01. The fraction of sp³-hybridized carbons (Fsp3) is 0.333. The predicted octanol–water partition coefficient (Wildman–Crippen LogP) is 12.9. The van der Waals surface area contributed by atoms with E-state index in [1.165, 1.54) is 65.7 Å². The summed E-state index contributed by atoms with van der Waals surface area (Å²) >= 11 is 3.52. The van der Waals surface area contributed by atoms with Gasteiger partial charge in [0, 0.05) is 80.5 Å². The largest absolute Gasteiger partial charge is 0.485 e. The van der Waals surface area contributed by atoms with Crippen molar-refractivity contribution in [2.24, 2.45) is 0 Å². The summed E-state index contributed by atoms with van der Waals surface area (Å²) in [6.45, 7) is 23.7. The van der Waals surface area contributed by atoms with Crippen LogP contribution in [0.5, 0.6) is 11.5 Å². The fourth-order valence-corrected chi connectivity index (χ4v) is 11.0. The molecule has 4 aromatic carbocycles. The standard InChI is InChI=1S/C54H62N4O2S2/c1-7-17-45-51(39(5)61-49-25-11-9-19-37(49)3)41-27-35-57(43-21-13-23-47(59-45)53(41)43)33-15-29-55-31-32-56-30-16-34-58-36-28-42-52(40(6)62-50-26-12-10-20-38(50)4)46(18-8-2)60-48-24-14-22-44(58)54(42)48/h9-14,19-28,35-36,45-46,55-56H,5-8,15-18,29-34H2,1-4H3. The number of aryl methyl sites for hydroxylation is 2. The number of thioether (sulfide) groups is 2. The summed E-state index contributed by atoms with van der Waals surface area (Å²) < 4.78 is 13.5. The molecule has 62 heavy (non-hydrogen) atoms. The molecule has 0 saturated heterocycles. The highest BCUT2D eigenvalue weighted by Crippen LogP contribution is 2.51. The lowest BCUT2D eigenvalue weighted by atomic mass is 9.88. The zero-order valence-corrected chi connectivity index (χ0v) is 38.6. The highest BCUT2D eigenvalue weighted by molar-refractivity contribution is 8.03. The Hall–Kier alpha value is -4.86. The minimum atomic E-state index is -0.00470. The van der Waals surface area contributed by atoms with Crippen molar-refractivity contribution >= 4 is 46.0 Å². The molecule has 4 aliphatic heterocycles. The first-order valence-corrected chi connectivity index (χ1v) is 24.2. The van der Waals surface area contributed by atoms with Crippen LogP contribution in [0, 0.1) is 13.8 Å². The molecule has 2 unspecified atom stereocenters. The van der Waals surface area contributed by atoms with Gasteiger partial charge in [0.15, 0.2) is 0 Å². The van der Waals surface area contributed by atoms with E-state index < -0.39 is 0 Å². The molecule has 0 bridgehead atoms. The normalized spacial score (nSPS) is 17.2. The van der Waals surface area contributed by atoms with E-state index in [1.807, 2.05) is 0 Å². The van der Waals surface area contributed by atoms with E-state index >= 15 is 0 Å². The zero-order valence-electron chi connectivity index (χ0n) is 37.0. The highest BCUT2D eigenvalue weighted by Gasteiger charge is 2.35. The average molecular weight is 863 g/mol. The maximum absolute atomic E-state index is 6.75. The van der Waals surface area contributed by atoms with Crippen LogP contribution in [0.3, 0.4) is 0 Å². The van der Waals surface area contributed by atoms with Crippen molar-refractivity contribution in [1.82, 2.24) is 10.6 Å². The SMILES string of the molecule is C=C(Sc1ccccc1C)C1=C2C=CN(CCCNCCNCCCN3C=CC4=C(C(=C)Sc5ccccc5C)C(CCC)Oc5cccc3c54)c3cccc(c32)OC1CCC. The maximum Gasteiger partial charge on any atom is 0.130 e. The van der Waals surface area contributed by atoms with Gasteiger partial charge in [0.2, 0.25) is 0 Å². The monoisotopic (exact) mass is 862 g/mol. The van der Waals surface area contributed by atoms with E-state index in [0.29, 0.717) is 0 Å². The van der Waals surface area contributed by atoms with Crippen molar-refractivity contribution in [3.05, 3.63) is 166 Å². The summed E-state index contributed by atoms with van der Waals surface area (Å²) in [6.07, 6.45) is 15.2. The molecule has 322 valence electrons. The number of rotatable bonds is 21. The molecule has 0 saturated carbocycles. The van der Waals surface area contributed by atoms with Crippen LogP contribution in [0.1, 0.15) is 74.6 Å². The second kappa shape index (κ2) is 20.5. The van der Waals surface area contributed by atoms with Crippen LogP contribution in [-0.4, -0.2) is 51.5 Å². The summed E-state index contributed by atoms with van der Waals surface area (Å²) in [7, 11) is 0. The Morgan fingerprint density at radius 1 is 0.581 bits per heavy atom. The second-order valence-corrected chi connectivity index (χ2v) is 18.8. The van der Waals surface area contributed by atoms with Crippen LogP contribution < -0.4 is 29.9 Å². The Kier molecular flexibility index (Phi) is 14.5. The van der Waals surface area contributed by atoms with Crippen LogP contribution in [-0.2, 0) is 0 Å². The van der Waals surface area contributed by atoms with Crippen LogP contribution in [0.15, 0.2) is 153 Å². The van der Waals surface area contributed by atoms with Gasteiger partial charge in [-0.05, 0) is 123 Å². The van der Waals surface area contributed by atoms with Gasteiger partial charge in [-0.3, -0.25) is 0 Å². The lowest BCUT2D eigenvalue weighted by molar-refractivity contribution is 0.224. The number of hydrogen-bond acceptors (Lipinski definition) is 8. The molecular formula is C54H62N4O2S2. The first-order chi connectivity index (χ1) is 30.4. The number of nitrogens with zero attached hydrogens (tertiary/aromatic N) is 2. The molecule has 0 aromatic heterocycles. The molecule has 8 rings (SSSR count). The van der Waals surface area contributed by atoms with E-state index in [-0.39, 0.29) is 12.2 Å². The van der Waals surface area contributed by atoms with E-state index in [1.54, 1.807) is 23.5 Å². The van der Waals surface area contributed by atoms with Gasteiger partial charge >= 0.3 is 0 Å². The third kappa shape index (κ3) is 9.54. The van der Waals surface area contributed by atoms with E-state index in [2.05, 4.69) is 171 Å². The minimum absolute atomic E-state index is 0.00470. The highest BCUT2D eigenvalue weighted by atomic mass is 32.2. The molecule has 0 aliphatic carbocycles. The number of nitrogens with one attached hydrogen (secondary N) is 2. The van der Waals surface area contributed by atoms with Crippen LogP contribution >= 0.6 is 23.5 Å². The molecule has 2 atom stereocenters. The third-order valence-corrected chi connectivity index (χ3v) is 14.4. The zero-order chi connectivity index (χ0) is 43.0. The van der Waals surface area contributed by atoms with E-state index in [0.717, 1.165) is 99.1 Å². The Labute approximate surface area is 378 Å². The molecule has 4 aliphatic rings. The van der Waals surface area contributed by atoms with Gasteiger partial charge in [-0.25, -0.2) is 0 Å². The summed E-state index contributed by atoms with van der Waals surface area (Å²) in [5.41, 5.74) is 12.3. The molecule has 2 N–H and O–H groups in total. The molecule has 4 aromatic rings. The Balaban J connectivity index is 0.814. The van der Waals surface area contributed by atoms with Crippen molar-refractivity contribution < 1.29 is 9.47 Å². The Morgan fingerprint density at radius 3 is 1.44 bits per heavy atom. The summed E-state index contributed by atoms with van der Waals surface area (Å²) in [5.74, 6) is 1.96. The molecule has 0 spiro atoms. The molecule has 8 heteroatoms. The van der Waals surface area contributed by atoms with Crippen molar-refractivity contribution in [3.8, 4) is 11.5 Å². The number of anilines is 2. The van der Waals surface area contributed by atoms with E-state index in [4.69, 9.17) is 9.47 Å². The third-order valence-electron chi connectivity index (χ3n) is 12.1. The van der Waals surface area contributed by atoms with Gasteiger partial charge in [-0.1, -0.05) is 112 Å². The van der Waals surface area contributed by atoms with E-state index in [9.17, 15) is 0 Å². The number of ether oxygens (including phenoxy) is 2. The topological polar surface area (TPSA) is 49.0 Å². The Bertz CT molecular complexity index is 2250. The first kappa shape index (κ1) is 43.8. The van der Waals surface area contributed by atoms with Crippen molar-refractivity contribution in [1.29, 1.82) is 0 Å². The van der Waals surface area contributed by atoms with Gasteiger partial charge in [0.25, 0.3) is 0 Å². The molecule has 0 fully saturated rings. The lowest BCUT2D eigenvalue weighted by Gasteiger charge is -2.37. The van der Waals surface area contributed by atoms with Crippen LogP contribution in [0.25, 0.3) is 11.1 Å². The minimum Gasteiger partial charge on any atom is -0.485 e. The van der Waals surface area contributed by atoms with Gasteiger partial charge in [-0.2, -0.15) is 0 Å². The molecule has 4 heterocycles. The maximum atomic E-state index is 6.75. The molecule has 0 radical (unpaired) electrons. The van der Waals surface area contributed by atoms with Crippen LogP contribution in [0.4, 0.5) is 11.4 Å². The second-order valence-electron chi connectivity index (χ2n) is 16.6. The summed E-state index contributed by atoms with van der Waals surface area (Å²) in [4.78, 5) is 9.39. The molecular weight excluding hydrogens is 801 g/mol. The van der Waals surface area contributed by atoms with Crippen molar-refractivity contribution in [3.63, 3.8) is 0 Å². The van der Waals surface area contributed by atoms with Crippen LogP contribution in [0.2, 0.25) is 0 Å². The van der Waals surface area contributed by atoms with Gasteiger partial charge < -0.3 is 29.9 Å².